The first kappa shape index (κ1) is 18.2. The van der Waals surface area contributed by atoms with Crippen LogP contribution in [-0.2, 0) is 11.0 Å². The molecule has 3 aromatic rings. The maximum Gasteiger partial charge on any atom is 0.416 e. The zero-order chi connectivity index (χ0) is 19.1. The Bertz CT molecular complexity index is 962. The maximum atomic E-state index is 12.8. The van der Waals surface area contributed by atoms with Crippen LogP contribution in [0.4, 0.5) is 13.2 Å². The van der Waals surface area contributed by atoms with E-state index in [0.717, 1.165) is 12.1 Å². The summed E-state index contributed by atoms with van der Waals surface area (Å²) >= 11 is 1.28. The first-order valence-corrected chi connectivity index (χ1v) is 8.38. The van der Waals surface area contributed by atoms with Crippen LogP contribution in [0, 0.1) is 0 Å². The molecular formula is C18H14F3NO3S. The summed E-state index contributed by atoms with van der Waals surface area (Å²) in [7, 11) is 0. The van der Waals surface area contributed by atoms with Gasteiger partial charge in [-0.15, -0.1) is 11.3 Å². The molecule has 8 heteroatoms. The Kier molecular flexibility index (Phi) is 4.39. The Morgan fingerprint density at radius 1 is 1.12 bits per heavy atom. The van der Waals surface area contributed by atoms with Crippen molar-refractivity contribution >= 4 is 27.5 Å². The first-order chi connectivity index (χ1) is 12.1. The van der Waals surface area contributed by atoms with Crippen LogP contribution in [0.5, 0.6) is 5.75 Å². The number of aromatic nitrogens is 1. The van der Waals surface area contributed by atoms with E-state index in [0.29, 0.717) is 21.0 Å². The van der Waals surface area contributed by atoms with Crippen LogP contribution in [0.2, 0.25) is 0 Å². The number of rotatable bonds is 4. The van der Waals surface area contributed by atoms with Crippen molar-refractivity contribution in [3.8, 4) is 16.3 Å². The van der Waals surface area contributed by atoms with Crippen LogP contribution in [0.25, 0.3) is 20.8 Å². The van der Waals surface area contributed by atoms with Crippen LogP contribution in [0.3, 0.4) is 0 Å². The van der Waals surface area contributed by atoms with E-state index < -0.39 is 23.3 Å². The highest BCUT2D eigenvalue weighted by Crippen LogP contribution is 2.35. The fraction of sp³-hybridized carbons (Fsp3) is 0.222. The van der Waals surface area contributed by atoms with Gasteiger partial charge in [0.05, 0.1) is 15.8 Å². The second-order valence-corrected chi connectivity index (χ2v) is 7.17. The largest absolute Gasteiger partial charge is 0.478 e. The smallest absolute Gasteiger partial charge is 0.416 e. The molecule has 0 aliphatic rings. The van der Waals surface area contributed by atoms with Crippen molar-refractivity contribution in [2.24, 2.45) is 0 Å². The third kappa shape index (κ3) is 3.65. The molecule has 0 aliphatic heterocycles. The number of nitrogens with zero attached hydrogens (tertiary/aromatic N) is 1. The number of thiazole rings is 1. The lowest BCUT2D eigenvalue weighted by Crippen LogP contribution is -2.37. The molecule has 1 aromatic heterocycles. The SMILES string of the molecule is CC(C)(Oc1ccc(-c2nc3cc(C(F)(F)F)ccc3s2)cc1)C(=O)O. The second kappa shape index (κ2) is 6.28. The molecule has 0 bridgehead atoms. The Labute approximate surface area is 150 Å². The van der Waals surface area contributed by atoms with Crippen molar-refractivity contribution in [2.75, 3.05) is 0 Å². The van der Waals surface area contributed by atoms with E-state index in [4.69, 9.17) is 9.84 Å². The third-order valence-electron chi connectivity index (χ3n) is 3.70. The van der Waals surface area contributed by atoms with Gasteiger partial charge in [-0.05, 0) is 56.3 Å². The minimum atomic E-state index is -4.41. The van der Waals surface area contributed by atoms with Crippen molar-refractivity contribution in [3.63, 3.8) is 0 Å². The molecule has 1 N–H and O–H groups in total. The molecule has 0 aliphatic carbocycles. The average Bonchev–Trinajstić information content (AvgIpc) is 2.97. The van der Waals surface area contributed by atoms with Gasteiger partial charge in [0.1, 0.15) is 10.8 Å². The highest BCUT2D eigenvalue weighted by Gasteiger charge is 2.31. The molecule has 0 atom stereocenters. The molecule has 3 rings (SSSR count). The zero-order valence-corrected chi connectivity index (χ0v) is 14.6. The van der Waals surface area contributed by atoms with E-state index >= 15 is 0 Å². The van der Waals surface area contributed by atoms with Gasteiger partial charge >= 0.3 is 12.1 Å². The molecule has 0 fully saturated rings. The maximum absolute atomic E-state index is 12.8. The topological polar surface area (TPSA) is 59.4 Å². The van der Waals surface area contributed by atoms with Gasteiger partial charge in [-0.3, -0.25) is 0 Å². The zero-order valence-electron chi connectivity index (χ0n) is 13.8. The predicted molar refractivity (Wildman–Crippen MR) is 92.4 cm³/mol. The summed E-state index contributed by atoms with van der Waals surface area (Å²) in [5, 5.41) is 9.65. The number of benzene rings is 2. The van der Waals surface area contributed by atoms with E-state index in [1.807, 2.05) is 0 Å². The number of fused-ring (bicyclic) bond motifs is 1. The van der Waals surface area contributed by atoms with Crippen LogP contribution in [0.1, 0.15) is 19.4 Å². The Morgan fingerprint density at radius 2 is 1.77 bits per heavy atom. The third-order valence-corrected chi connectivity index (χ3v) is 4.79. The van der Waals surface area contributed by atoms with E-state index in [1.165, 1.54) is 31.3 Å². The van der Waals surface area contributed by atoms with Crippen molar-refractivity contribution < 1.29 is 27.8 Å². The van der Waals surface area contributed by atoms with Gasteiger partial charge in [-0.2, -0.15) is 13.2 Å². The molecule has 0 unspecified atom stereocenters. The predicted octanol–water partition coefficient (Wildman–Crippen LogP) is 5.22. The Morgan fingerprint density at radius 3 is 2.35 bits per heavy atom. The summed E-state index contributed by atoms with van der Waals surface area (Å²) in [6, 6.07) is 10.1. The fourth-order valence-electron chi connectivity index (χ4n) is 2.23. The molecule has 0 amide bonds. The van der Waals surface area contributed by atoms with Gasteiger partial charge < -0.3 is 9.84 Å². The minimum absolute atomic E-state index is 0.284. The molecule has 136 valence electrons. The first-order valence-electron chi connectivity index (χ1n) is 7.57. The Balaban J connectivity index is 1.88. The number of carbonyl (C=O) groups is 1. The lowest BCUT2D eigenvalue weighted by atomic mass is 10.1. The number of alkyl halides is 3. The molecule has 4 nitrogen and oxygen atoms in total. The number of aliphatic carboxylic acids is 1. The van der Waals surface area contributed by atoms with Crippen LogP contribution in [0.15, 0.2) is 42.5 Å². The normalized spacial score (nSPS) is 12.3. The van der Waals surface area contributed by atoms with Crippen LogP contribution in [-0.4, -0.2) is 21.7 Å². The van der Waals surface area contributed by atoms with E-state index in [2.05, 4.69) is 4.98 Å². The van der Waals surface area contributed by atoms with Crippen molar-refractivity contribution in [2.45, 2.75) is 25.6 Å². The van der Waals surface area contributed by atoms with Gasteiger partial charge in [0.25, 0.3) is 0 Å². The van der Waals surface area contributed by atoms with Gasteiger partial charge in [-0.25, -0.2) is 9.78 Å². The highest BCUT2D eigenvalue weighted by molar-refractivity contribution is 7.21. The summed E-state index contributed by atoms with van der Waals surface area (Å²) in [5.41, 5.74) is -1.11. The van der Waals surface area contributed by atoms with Gasteiger partial charge in [0.2, 0.25) is 0 Å². The number of hydrogen-bond donors (Lipinski definition) is 1. The average molecular weight is 381 g/mol. The summed E-state index contributed by atoms with van der Waals surface area (Å²) in [6.45, 7) is 2.88. The molecule has 0 radical (unpaired) electrons. The highest BCUT2D eigenvalue weighted by atomic mass is 32.1. The molecule has 1 heterocycles. The molecule has 0 saturated carbocycles. The van der Waals surface area contributed by atoms with E-state index in [1.54, 1.807) is 24.3 Å². The van der Waals surface area contributed by atoms with E-state index in [-0.39, 0.29) is 5.52 Å². The molecule has 2 aromatic carbocycles. The lowest BCUT2D eigenvalue weighted by molar-refractivity contribution is -0.152. The fourth-order valence-corrected chi connectivity index (χ4v) is 3.18. The number of carboxylic acids is 1. The quantitative estimate of drug-likeness (QED) is 0.673. The van der Waals surface area contributed by atoms with Gasteiger partial charge in [0.15, 0.2) is 5.60 Å². The summed E-state index contributed by atoms with van der Waals surface area (Å²) < 4.78 is 44.5. The Hall–Kier alpha value is -2.61. The summed E-state index contributed by atoms with van der Waals surface area (Å²) in [4.78, 5) is 15.4. The monoisotopic (exact) mass is 381 g/mol. The van der Waals surface area contributed by atoms with Crippen molar-refractivity contribution in [3.05, 3.63) is 48.0 Å². The number of ether oxygens (including phenoxy) is 1. The number of carboxylic acid groups (broad SMARTS) is 1. The minimum Gasteiger partial charge on any atom is -0.478 e. The van der Waals surface area contributed by atoms with Crippen molar-refractivity contribution in [1.82, 2.24) is 4.98 Å². The summed E-state index contributed by atoms with van der Waals surface area (Å²) in [5.74, 6) is -0.713. The molecule has 0 spiro atoms. The molecular weight excluding hydrogens is 367 g/mol. The standard InChI is InChI=1S/C18H14F3NO3S/c1-17(2,16(23)24)25-12-6-3-10(4-7-12)15-22-13-9-11(18(19,20)21)5-8-14(13)26-15/h3-9H,1-2H3,(H,23,24). The van der Waals surface area contributed by atoms with E-state index in [9.17, 15) is 18.0 Å². The van der Waals surface area contributed by atoms with Crippen molar-refractivity contribution in [1.29, 1.82) is 0 Å². The van der Waals surface area contributed by atoms with Gasteiger partial charge in [-0.1, -0.05) is 0 Å². The second-order valence-electron chi connectivity index (χ2n) is 6.14. The number of halogens is 3. The number of hydrogen-bond acceptors (Lipinski definition) is 4. The molecule has 0 saturated heterocycles. The summed E-state index contributed by atoms with van der Waals surface area (Å²) in [6.07, 6.45) is -4.41. The van der Waals surface area contributed by atoms with Crippen LogP contribution >= 0.6 is 11.3 Å². The van der Waals surface area contributed by atoms with Crippen LogP contribution < -0.4 is 4.74 Å². The lowest BCUT2D eigenvalue weighted by Gasteiger charge is -2.21. The molecule has 26 heavy (non-hydrogen) atoms. The van der Waals surface area contributed by atoms with Gasteiger partial charge in [0, 0.05) is 5.56 Å².